The number of hydrogen-bond acceptors (Lipinski definition) is 5. The Labute approximate surface area is 227 Å². The Kier molecular flexibility index (Phi) is 7.38. The number of halogens is 1. The standard InChI is InChI=1S/C30H34BrN3O3/c1-19-13-14-34-25(15-19)32-26(27(34)33-30(5,6)18-29(2,3)4)20-11-12-23(24(17-20)36-7)37-28(35)21-9-8-10-22(31)16-21/h8-17,33H,18H2,1-7H3. The number of nitrogens with zero attached hydrogens (tertiary/aromatic N) is 2. The Morgan fingerprint density at radius 2 is 1.78 bits per heavy atom. The van der Waals surface area contributed by atoms with Crippen LogP contribution in [0.3, 0.4) is 0 Å². The second-order valence-electron chi connectivity index (χ2n) is 11.3. The molecule has 0 fully saturated rings. The molecule has 7 heteroatoms. The van der Waals surface area contributed by atoms with E-state index in [0.717, 1.165) is 39.2 Å². The molecule has 2 aromatic carbocycles. The number of aryl methyl sites for hydroxylation is 1. The van der Waals surface area contributed by atoms with E-state index in [1.807, 2.05) is 24.4 Å². The van der Waals surface area contributed by atoms with Gasteiger partial charge >= 0.3 is 5.97 Å². The molecule has 0 aliphatic rings. The van der Waals surface area contributed by atoms with Crippen LogP contribution in [0, 0.1) is 12.3 Å². The maximum Gasteiger partial charge on any atom is 0.343 e. The number of rotatable bonds is 7. The second kappa shape index (κ2) is 10.2. The van der Waals surface area contributed by atoms with Crippen molar-refractivity contribution in [2.24, 2.45) is 5.41 Å². The van der Waals surface area contributed by atoms with Gasteiger partial charge in [-0.25, -0.2) is 9.78 Å². The number of anilines is 1. The molecule has 4 rings (SSSR count). The predicted octanol–water partition coefficient (Wildman–Crippen LogP) is 7.93. The Hall–Kier alpha value is -3.32. The number of methoxy groups -OCH3 is 1. The van der Waals surface area contributed by atoms with Gasteiger partial charge in [0.25, 0.3) is 0 Å². The fraction of sp³-hybridized carbons (Fsp3) is 0.333. The molecule has 0 saturated heterocycles. The first kappa shape index (κ1) is 26.7. The van der Waals surface area contributed by atoms with Gasteiger partial charge in [0.15, 0.2) is 11.5 Å². The fourth-order valence-corrected chi connectivity index (χ4v) is 5.23. The van der Waals surface area contributed by atoms with Crippen LogP contribution in [-0.4, -0.2) is 28.0 Å². The number of carbonyl (C=O) groups is 1. The Morgan fingerprint density at radius 1 is 1.03 bits per heavy atom. The molecule has 0 unspecified atom stereocenters. The summed E-state index contributed by atoms with van der Waals surface area (Å²) in [5.74, 6) is 1.25. The van der Waals surface area contributed by atoms with E-state index in [2.05, 4.69) is 79.3 Å². The highest BCUT2D eigenvalue weighted by Gasteiger charge is 2.28. The van der Waals surface area contributed by atoms with Gasteiger partial charge in [-0.1, -0.05) is 42.8 Å². The molecule has 0 aliphatic heterocycles. The molecular weight excluding hydrogens is 530 g/mol. The van der Waals surface area contributed by atoms with Crippen molar-refractivity contribution in [1.82, 2.24) is 9.38 Å². The third kappa shape index (κ3) is 6.34. The first-order chi connectivity index (χ1) is 17.3. The summed E-state index contributed by atoms with van der Waals surface area (Å²) < 4.78 is 14.2. The first-order valence-electron chi connectivity index (χ1n) is 12.3. The largest absolute Gasteiger partial charge is 0.493 e. The number of pyridine rings is 1. The van der Waals surface area contributed by atoms with Crippen molar-refractivity contribution in [2.75, 3.05) is 12.4 Å². The van der Waals surface area contributed by atoms with E-state index in [-0.39, 0.29) is 11.0 Å². The van der Waals surface area contributed by atoms with Crippen molar-refractivity contribution in [3.63, 3.8) is 0 Å². The fourth-order valence-electron chi connectivity index (χ4n) is 4.83. The lowest BCUT2D eigenvalue weighted by atomic mass is 9.82. The van der Waals surface area contributed by atoms with Gasteiger partial charge in [-0.05, 0) is 86.7 Å². The van der Waals surface area contributed by atoms with Crippen LogP contribution in [0.4, 0.5) is 5.82 Å². The lowest BCUT2D eigenvalue weighted by Gasteiger charge is -2.34. The van der Waals surface area contributed by atoms with Gasteiger partial charge in [0.05, 0.1) is 12.7 Å². The summed E-state index contributed by atoms with van der Waals surface area (Å²) in [5.41, 5.74) is 4.06. The van der Waals surface area contributed by atoms with Gasteiger partial charge in [-0.3, -0.25) is 4.40 Å². The molecule has 1 N–H and O–H groups in total. The maximum absolute atomic E-state index is 12.7. The lowest BCUT2D eigenvalue weighted by Crippen LogP contribution is -2.36. The van der Waals surface area contributed by atoms with Gasteiger partial charge in [-0.2, -0.15) is 0 Å². The van der Waals surface area contributed by atoms with E-state index in [1.54, 1.807) is 31.4 Å². The normalized spacial score (nSPS) is 12.0. The zero-order valence-electron chi connectivity index (χ0n) is 22.5. The number of carbonyl (C=O) groups excluding carboxylic acids is 1. The number of aromatic nitrogens is 2. The van der Waals surface area contributed by atoms with Crippen molar-refractivity contribution < 1.29 is 14.3 Å². The molecule has 2 heterocycles. The Morgan fingerprint density at radius 3 is 2.46 bits per heavy atom. The van der Waals surface area contributed by atoms with Crippen molar-refractivity contribution >= 4 is 33.4 Å². The molecule has 0 spiro atoms. The molecule has 0 amide bonds. The third-order valence-corrected chi connectivity index (χ3v) is 6.40. The number of esters is 1. The molecule has 4 aromatic rings. The quantitative estimate of drug-likeness (QED) is 0.182. The molecule has 2 aromatic heterocycles. The molecule has 6 nitrogen and oxygen atoms in total. The molecule has 194 valence electrons. The first-order valence-corrected chi connectivity index (χ1v) is 13.1. The average molecular weight is 565 g/mol. The molecule has 0 atom stereocenters. The van der Waals surface area contributed by atoms with Gasteiger partial charge < -0.3 is 14.8 Å². The summed E-state index contributed by atoms with van der Waals surface area (Å²) in [5, 5.41) is 3.77. The topological polar surface area (TPSA) is 64.9 Å². The van der Waals surface area contributed by atoms with Crippen molar-refractivity contribution in [3.8, 4) is 22.8 Å². The molecule has 0 aliphatic carbocycles. The van der Waals surface area contributed by atoms with Crippen molar-refractivity contribution in [3.05, 3.63) is 76.4 Å². The summed E-state index contributed by atoms with van der Waals surface area (Å²) in [6, 6.07) is 16.7. The average Bonchev–Trinajstić information content (AvgIpc) is 3.14. The van der Waals surface area contributed by atoms with Gasteiger partial charge in [-0.15, -0.1) is 0 Å². The van der Waals surface area contributed by atoms with Gasteiger partial charge in [0, 0.05) is 21.8 Å². The molecule has 37 heavy (non-hydrogen) atoms. The number of nitrogens with one attached hydrogen (secondary N) is 1. The summed E-state index contributed by atoms with van der Waals surface area (Å²) in [7, 11) is 1.56. The van der Waals surface area contributed by atoms with Crippen LogP contribution in [0.5, 0.6) is 11.5 Å². The third-order valence-electron chi connectivity index (χ3n) is 5.91. The summed E-state index contributed by atoms with van der Waals surface area (Å²) >= 11 is 3.39. The minimum Gasteiger partial charge on any atom is -0.493 e. The zero-order valence-corrected chi connectivity index (χ0v) is 24.1. The van der Waals surface area contributed by atoms with Crippen LogP contribution in [0.15, 0.2) is 65.3 Å². The van der Waals surface area contributed by atoms with Crippen LogP contribution in [0.2, 0.25) is 0 Å². The van der Waals surface area contributed by atoms with Crippen molar-refractivity contribution in [1.29, 1.82) is 0 Å². The summed E-state index contributed by atoms with van der Waals surface area (Å²) in [4.78, 5) is 17.7. The van der Waals surface area contributed by atoms with Crippen molar-refractivity contribution in [2.45, 2.75) is 53.5 Å². The highest BCUT2D eigenvalue weighted by molar-refractivity contribution is 9.10. The number of imidazole rings is 1. The van der Waals surface area contributed by atoms with Crippen LogP contribution >= 0.6 is 15.9 Å². The van der Waals surface area contributed by atoms with E-state index in [0.29, 0.717) is 17.1 Å². The number of benzene rings is 2. The number of fused-ring (bicyclic) bond motifs is 1. The van der Waals surface area contributed by atoms with E-state index < -0.39 is 5.97 Å². The second-order valence-corrected chi connectivity index (χ2v) is 12.2. The summed E-state index contributed by atoms with van der Waals surface area (Å²) in [6.07, 6.45) is 3.01. The van der Waals surface area contributed by atoms with E-state index in [1.165, 1.54) is 0 Å². The smallest absolute Gasteiger partial charge is 0.343 e. The van der Waals surface area contributed by atoms with E-state index in [9.17, 15) is 4.79 Å². The molecule has 0 saturated carbocycles. The maximum atomic E-state index is 12.7. The minimum atomic E-state index is -0.457. The molecule has 0 bridgehead atoms. The highest BCUT2D eigenvalue weighted by Crippen LogP contribution is 2.38. The lowest BCUT2D eigenvalue weighted by molar-refractivity contribution is 0.0729. The van der Waals surface area contributed by atoms with E-state index in [4.69, 9.17) is 14.5 Å². The predicted molar refractivity (Wildman–Crippen MR) is 153 cm³/mol. The van der Waals surface area contributed by atoms with E-state index >= 15 is 0 Å². The Balaban J connectivity index is 1.74. The Bertz CT molecular complexity index is 1450. The number of hydrogen-bond donors (Lipinski definition) is 1. The van der Waals surface area contributed by atoms with Gasteiger partial charge in [0.2, 0.25) is 0 Å². The van der Waals surface area contributed by atoms with Crippen LogP contribution in [-0.2, 0) is 0 Å². The van der Waals surface area contributed by atoms with Crippen LogP contribution < -0.4 is 14.8 Å². The monoisotopic (exact) mass is 563 g/mol. The number of ether oxygens (including phenoxy) is 2. The van der Waals surface area contributed by atoms with Gasteiger partial charge in [0.1, 0.15) is 17.2 Å². The van der Waals surface area contributed by atoms with Crippen LogP contribution in [0.1, 0.15) is 57.0 Å². The SMILES string of the molecule is COc1cc(-c2nc3cc(C)ccn3c2NC(C)(C)CC(C)(C)C)ccc1OC(=O)c1cccc(Br)c1. The molecular formula is C30H34BrN3O3. The highest BCUT2D eigenvalue weighted by atomic mass is 79.9. The summed E-state index contributed by atoms with van der Waals surface area (Å²) in [6.45, 7) is 13.2. The van der Waals surface area contributed by atoms with Crippen LogP contribution in [0.25, 0.3) is 16.9 Å². The zero-order chi connectivity index (χ0) is 27.0. The minimum absolute atomic E-state index is 0.150. The molecule has 0 radical (unpaired) electrons.